The Hall–Kier alpha value is -0.870. The smallest absolute Gasteiger partial charge is 0.0765 e. The molecule has 0 aromatic carbocycles. The van der Waals surface area contributed by atoms with E-state index < -0.39 is 0 Å². The maximum atomic E-state index is 4.68. The topological polar surface area (TPSA) is 33.1 Å². The fourth-order valence-corrected chi connectivity index (χ4v) is 2.76. The van der Waals surface area contributed by atoms with Crippen LogP contribution in [0.25, 0.3) is 0 Å². The van der Waals surface area contributed by atoms with E-state index in [0.29, 0.717) is 18.1 Å². The van der Waals surface area contributed by atoms with E-state index in [1.165, 1.54) is 18.5 Å². The molecule has 0 amide bonds. The Balaban J connectivity index is 2.01. The van der Waals surface area contributed by atoms with Gasteiger partial charge in [0.25, 0.3) is 0 Å². The van der Waals surface area contributed by atoms with Crippen molar-refractivity contribution >= 4 is 0 Å². The molecule has 1 fully saturated rings. The van der Waals surface area contributed by atoms with Crippen LogP contribution in [-0.4, -0.2) is 39.9 Å². The van der Waals surface area contributed by atoms with E-state index in [2.05, 4.69) is 60.0 Å². The fourth-order valence-electron chi connectivity index (χ4n) is 2.76. The van der Waals surface area contributed by atoms with Crippen molar-refractivity contribution in [2.75, 3.05) is 13.1 Å². The minimum atomic E-state index is 0.446. The lowest BCUT2D eigenvalue weighted by molar-refractivity contribution is 0.115. The van der Waals surface area contributed by atoms with Gasteiger partial charge >= 0.3 is 0 Å². The van der Waals surface area contributed by atoms with Crippen molar-refractivity contribution in [3.63, 3.8) is 0 Å². The maximum absolute atomic E-state index is 4.68. The van der Waals surface area contributed by atoms with Gasteiger partial charge in [0.15, 0.2) is 0 Å². The summed E-state index contributed by atoms with van der Waals surface area (Å²) in [7, 11) is 0. The highest BCUT2D eigenvalue weighted by molar-refractivity contribution is 5.01. The molecule has 2 atom stereocenters. The summed E-state index contributed by atoms with van der Waals surface area (Å²) in [6.45, 7) is 12.1. The van der Waals surface area contributed by atoms with Crippen LogP contribution in [0.4, 0.5) is 0 Å². The largest absolute Gasteiger partial charge is 0.311 e. The SMILES string of the molecule is CCC1CN(Cc2ccn(C(C)C)n2)C(CC)CN1. The van der Waals surface area contributed by atoms with Crippen molar-refractivity contribution in [1.82, 2.24) is 20.0 Å². The molecule has 4 nitrogen and oxygen atoms in total. The van der Waals surface area contributed by atoms with Crippen molar-refractivity contribution in [3.05, 3.63) is 18.0 Å². The monoisotopic (exact) mass is 264 g/mol. The van der Waals surface area contributed by atoms with Crippen molar-refractivity contribution < 1.29 is 0 Å². The Kier molecular flexibility index (Phi) is 4.99. The third-order valence-corrected chi connectivity index (χ3v) is 4.14. The van der Waals surface area contributed by atoms with Crippen LogP contribution in [-0.2, 0) is 6.54 Å². The average molecular weight is 264 g/mol. The first-order valence-electron chi connectivity index (χ1n) is 7.65. The van der Waals surface area contributed by atoms with Crippen molar-refractivity contribution in [2.45, 2.75) is 65.2 Å². The highest BCUT2D eigenvalue weighted by atomic mass is 15.3. The number of aromatic nitrogens is 2. The minimum absolute atomic E-state index is 0.446. The van der Waals surface area contributed by atoms with Crippen LogP contribution >= 0.6 is 0 Å². The van der Waals surface area contributed by atoms with E-state index in [9.17, 15) is 0 Å². The summed E-state index contributed by atoms with van der Waals surface area (Å²) in [5.41, 5.74) is 1.20. The third kappa shape index (κ3) is 3.57. The van der Waals surface area contributed by atoms with Gasteiger partial charge in [0, 0.05) is 44.0 Å². The van der Waals surface area contributed by atoms with Gasteiger partial charge in [-0.3, -0.25) is 9.58 Å². The molecule has 1 aliphatic heterocycles. The molecular formula is C15H28N4. The zero-order valence-corrected chi connectivity index (χ0v) is 12.8. The van der Waals surface area contributed by atoms with Crippen LogP contribution < -0.4 is 5.32 Å². The summed E-state index contributed by atoms with van der Waals surface area (Å²) in [6.07, 6.45) is 4.50. The van der Waals surface area contributed by atoms with Gasteiger partial charge in [0.2, 0.25) is 0 Å². The summed E-state index contributed by atoms with van der Waals surface area (Å²) in [4.78, 5) is 2.59. The van der Waals surface area contributed by atoms with Crippen LogP contribution in [0.1, 0.15) is 52.3 Å². The second-order valence-corrected chi connectivity index (χ2v) is 5.89. The lowest BCUT2D eigenvalue weighted by Crippen LogP contribution is -2.55. The first-order valence-corrected chi connectivity index (χ1v) is 7.65. The molecule has 1 aromatic heterocycles. The summed E-state index contributed by atoms with van der Waals surface area (Å²) in [6, 6.07) is 3.89. The van der Waals surface area contributed by atoms with Gasteiger partial charge in [-0.25, -0.2) is 0 Å². The standard InChI is InChI=1S/C15H28N4/c1-5-13-10-18(15(6-2)9-16-13)11-14-7-8-19(17-14)12(3)4/h7-8,12-13,15-16H,5-6,9-11H2,1-4H3. The normalized spacial score (nSPS) is 25.1. The van der Waals surface area contributed by atoms with Gasteiger partial charge in [0.05, 0.1) is 5.69 Å². The Morgan fingerprint density at radius 1 is 1.37 bits per heavy atom. The van der Waals surface area contributed by atoms with Crippen molar-refractivity contribution in [3.8, 4) is 0 Å². The van der Waals surface area contributed by atoms with E-state index in [4.69, 9.17) is 0 Å². The number of nitrogens with one attached hydrogen (secondary N) is 1. The molecular weight excluding hydrogens is 236 g/mol. The van der Waals surface area contributed by atoms with Crippen LogP contribution in [0.5, 0.6) is 0 Å². The number of hydrogen-bond acceptors (Lipinski definition) is 3. The molecule has 1 aliphatic rings. The molecule has 0 aliphatic carbocycles. The Morgan fingerprint density at radius 3 is 2.74 bits per heavy atom. The summed E-state index contributed by atoms with van der Waals surface area (Å²) in [5, 5.41) is 8.32. The summed E-state index contributed by atoms with van der Waals surface area (Å²) in [5.74, 6) is 0. The third-order valence-electron chi connectivity index (χ3n) is 4.14. The van der Waals surface area contributed by atoms with Crippen molar-refractivity contribution in [1.29, 1.82) is 0 Å². The predicted octanol–water partition coefficient (Wildman–Crippen LogP) is 2.43. The molecule has 2 rings (SSSR count). The van der Waals surface area contributed by atoms with E-state index in [0.717, 1.165) is 19.6 Å². The summed E-state index contributed by atoms with van der Waals surface area (Å²) < 4.78 is 2.05. The molecule has 0 bridgehead atoms. The Morgan fingerprint density at radius 2 is 2.16 bits per heavy atom. The quantitative estimate of drug-likeness (QED) is 0.886. The molecule has 19 heavy (non-hydrogen) atoms. The first-order chi connectivity index (χ1) is 9.13. The highest BCUT2D eigenvalue weighted by Gasteiger charge is 2.26. The van der Waals surface area contributed by atoms with Gasteiger partial charge in [0.1, 0.15) is 0 Å². The zero-order valence-electron chi connectivity index (χ0n) is 12.8. The van der Waals surface area contributed by atoms with E-state index >= 15 is 0 Å². The maximum Gasteiger partial charge on any atom is 0.0765 e. The lowest BCUT2D eigenvalue weighted by Gasteiger charge is -2.39. The van der Waals surface area contributed by atoms with E-state index in [1.54, 1.807) is 0 Å². The van der Waals surface area contributed by atoms with Crippen LogP contribution in [0, 0.1) is 0 Å². The molecule has 2 heterocycles. The average Bonchev–Trinajstić information content (AvgIpc) is 2.87. The van der Waals surface area contributed by atoms with Crippen LogP contribution in [0.3, 0.4) is 0 Å². The molecule has 1 aromatic rings. The van der Waals surface area contributed by atoms with Gasteiger partial charge in [-0.05, 0) is 32.8 Å². The lowest BCUT2D eigenvalue weighted by atomic mass is 10.1. The Bertz CT molecular complexity index is 385. The summed E-state index contributed by atoms with van der Waals surface area (Å²) >= 11 is 0. The van der Waals surface area contributed by atoms with Crippen LogP contribution in [0.15, 0.2) is 12.3 Å². The molecule has 0 spiro atoms. The molecule has 4 heteroatoms. The van der Waals surface area contributed by atoms with Crippen molar-refractivity contribution in [2.24, 2.45) is 0 Å². The van der Waals surface area contributed by atoms with E-state index in [1.807, 2.05) is 0 Å². The zero-order chi connectivity index (χ0) is 13.8. The predicted molar refractivity (Wildman–Crippen MR) is 79.2 cm³/mol. The molecule has 2 unspecified atom stereocenters. The van der Waals surface area contributed by atoms with E-state index in [-0.39, 0.29) is 0 Å². The second-order valence-electron chi connectivity index (χ2n) is 5.89. The number of rotatable bonds is 5. The van der Waals surface area contributed by atoms with Gasteiger partial charge in [-0.15, -0.1) is 0 Å². The number of hydrogen-bond donors (Lipinski definition) is 1. The molecule has 0 saturated carbocycles. The first kappa shape index (κ1) is 14.5. The second kappa shape index (κ2) is 6.53. The molecule has 108 valence electrons. The van der Waals surface area contributed by atoms with Gasteiger partial charge in [-0.2, -0.15) is 5.10 Å². The molecule has 1 saturated heterocycles. The van der Waals surface area contributed by atoms with Crippen LogP contribution in [0.2, 0.25) is 0 Å². The van der Waals surface area contributed by atoms with Gasteiger partial charge < -0.3 is 5.32 Å². The minimum Gasteiger partial charge on any atom is -0.311 e. The fraction of sp³-hybridized carbons (Fsp3) is 0.800. The molecule has 1 N–H and O–H groups in total. The van der Waals surface area contributed by atoms with Gasteiger partial charge in [-0.1, -0.05) is 13.8 Å². The highest BCUT2D eigenvalue weighted by Crippen LogP contribution is 2.15. The number of piperazine rings is 1. The molecule has 0 radical (unpaired) electrons. The Labute approximate surface area is 117 Å². The number of nitrogens with zero attached hydrogens (tertiary/aromatic N) is 3.